The number of nitrogens with zero attached hydrogens (tertiary/aromatic N) is 1. The first-order chi connectivity index (χ1) is 11.1. The molecule has 0 fully saturated rings. The van der Waals surface area contributed by atoms with Crippen LogP contribution in [-0.4, -0.2) is 24.0 Å². The summed E-state index contributed by atoms with van der Waals surface area (Å²) in [7, 11) is 1.37. The largest absolute Gasteiger partial charge is 0.465 e. The fourth-order valence-electron chi connectivity index (χ4n) is 2.84. The number of pyridine rings is 1. The Hall–Kier alpha value is -2.21. The molecular formula is C17H18N2O3S. The van der Waals surface area contributed by atoms with Crippen LogP contribution >= 0.6 is 11.3 Å². The van der Waals surface area contributed by atoms with Gasteiger partial charge in [-0.25, -0.2) is 4.79 Å². The van der Waals surface area contributed by atoms with E-state index in [1.54, 1.807) is 24.5 Å². The molecule has 1 amide bonds. The standard InChI is InChI=1S/C17H18N2O3S/c1-10-3-4-12-13(9-10)23-16(14(12)17(21)22-2)19-15(20)11-5-7-18-8-6-11/h5-8,10H,3-4,9H2,1-2H3,(H,19,20)/t10-/m0/s1. The van der Waals surface area contributed by atoms with Gasteiger partial charge in [-0.2, -0.15) is 0 Å². The van der Waals surface area contributed by atoms with Crippen molar-refractivity contribution in [2.24, 2.45) is 5.92 Å². The van der Waals surface area contributed by atoms with Gasteiger partial charge >= 0.3 is 5.97 Å². The Kier molecular flexibility index (Phi) is 4.43. The Labute approximate surface area is 138 Å². The number of aromatic nitrogens is 1. The minimum Gasteiger partial charge on any atom is -0.465 e. The van der Waals surface area contributed by atoms with Gasteiger partial charge in [0, 0.05) is 22.8 Å². The van der Waals surface area contributed by atoms with Crippen LogP contribution in [0, 0.1) is 5.92 Å². The van der Waals surface area contributed by atoms with Crippen LogP contribution in [-0.2, 0) is 17.6 Å². The summed E-state index contributed by atoms with van der Waals surface area (Å²) in [5.41, 5.74) is 2.06. The number of methoxy groups -OCH3 is 1. The molecule has 1 N–H and O–H groups in total. The summed E-state index contributed by atoms with van der Waals surface area (Å²) in [5, 5.41) is 3.45. The highest BCUT2D eigenvalue weighted by Crippen LogP contribution is 2.40. The van der Waals surface area contributed by atoms with Gasteiger partial charge in [0.25, 0.3) is 5.91 Å². The number of ether oxygens (including phenoxy) is 1. The minimum absolute atomic E-state index is 0.246. The molecular weight excluding hydrogens is 312 g/mol. The van der Waals surface area contributed by atoms with Crippen LogP contribution in [0.3, 0.4) is 0 Å². The molecule has 0 radical (unpaired) electrons. The fraction of sp³-hybridized carbons (Fsp3) is 0.353. The molecule has 120 valence electrons. The van der Waals surface area contributed by atoms with E-state index in [0.29, 0.717) is 22.0 Å². The van der Waals surface area contributed by atoms with E-state index in [-0.39, 0.29) is 11.9 Å². The highest BCUT2D eigenvalue weighted by molar-refractivity contribution is 7.17. The van der Waals surface area contributed by atoms with E-state index in [1.807, 2.05) is 0 Å². The fourth-order valence-corrected chi connectivity index (χ4v) is 4.23. The summed E-state index contributed by atoms with van der Waals surface area (Å²) >= 11 is 1.48. The number of amides is 1. The lowest BCUT2D eigenvalue weighted by atomic mass is 9.88. The lowest BCUT2D eigenvalue weighted by molar-refractivity contribution is 0.0601. The van der Waals surface area contributed by atoms with E-state index < -0.39 is 0 Å². The number of hydrogen-bond donors (Lipinski definition) is 1. The van der Waals surface area contributed by atoms with Gasteiger partial charge in [-0.05, 0) is 42.9 Å². The van der Waals surface area contributed by atoms with Crippen molar-refractivity contribution in [1.82, 2.24) is 4.98 Å². The third kappa shape index (κ3) is 3.12. The molecule has 0 bridgehead atoms. The zero-order valence-electron chi connectivity index (χ0n) is 13.1. The van der Waals surface area contributed by atoms with Crippen molar-refractivity contribution in [1.29, 1.82) is 0 Å². The summed E-state index contributed by atoms with van der Waals surface area (Å²) in [6, 6.07) is 3.28. The number of carbonyl (C=O) groups is 2. The molecule has 6 heteroatoms. The van der Waals surface area contributed by atoms with Crippen molar-refractivity contribution in [3.8, 4) is 0 Å². The van der Waals surface area contributed by atoms with E-state index >= 15 is 0 Å². The van der Waals surface area contributed by atoms with Gasteiger partial charge in [0.05, 0.1) is 12.7 Å². The number of hydrogen-bond acceptors (Lipinski definition) is 5. The van der Waals surface area contributed by atoms with Gasteiger partial charge in [0.15, 0.2) is 0 Å². The quantitative estimate of drug-likeness (QED) is 0.877. The first kappa shape index (κ1) is 15.7. The van der Waals surface area contributed by atoms with Crippen LogP contribution in [0.25, 0.3) is 0 Å². The highest BCUT2D eigenvalue weighted by atomic mass is 32.1. The highest BCUT2D eigenvalue weighted by Gasteiger charge is 2.28. The van der Waals surface area contributed by atoms with Crippen LogP contribution in [0.2, 0.25) is 0 Å². The van der Waals surface area contributed by atoms with E-state index in [1.165, 1.54) is 23.3 Å². The molecule has 0 saturated heterocycles. The van der Waals surface area contributed by atoms with Crippen LogP contribution < -0.4 is 5.32 Å². The molecule has 1 aliphatic rings. The van der Waals surface area contributed by atoms with Gasteiger partial charge in [-0.15, -0.1) is 11.3 Å². The predicted molar refractivity (Wildman–Crippen MR) is 89.0 cm³/mol. The molecule has 2 aromatic rings. The Bertz CT molecular complexity index is 740. The summed E-state index contributed by atoms with van der Waals surface area (Å²) in [6.07, 6.45) is 5.97. The lowest BCUT2D eigenvalue weighted by Crippen LogP contribution is -2.16. The zero-order valence-corrected chi connectivity index (χ0v) is 13.9. The Morgan fingerprint density at radius 1 is 1.35 bits per heavy atom. The van der Waals surface area contributed by atoms with E-state index in [9.17, 15) is 9.59 Å². The first-order valence-electron chi connectivity index (χ1n) is 7.54. The number of rotatable bonds is 3. The second-order valence-corrected chi connectivity index (χ2v) is 6.84. The maximum atomic E-state index is 12.4. The third-order valence-electron chi connectivity index (χ3n) is 4.07. The average Bonchev–Trinajstić information content (AvgIpc) is 2.91. The molecule has 1 atom stereocenters. The molecule has 0 aliphatic heterocycles. The number of esters is 1. The normalized spacial score (nSPS) is 16.5. The molecule has 3 rings (SSSR count). The Morgan fingerprint density at radius 2 is 2.09 bits per heavy atom. The number of thiophene rings is 1. The van der Waals surface area contributed by atoms with Crippen LogP contribution in [0.1, 0.15) is 44.5 Å². The van der Waals surface area contributed by atoms with E-state index in [0.717, 1.165) is 24.8 Å². The molecule has 2 aromatic heterocycles. The monoisotopic (exact) mass is 330 g/mol. The van der Waals surface area contributed by atoms with Crippen LogP contribution in [0.15, 0.2) is 24.5 Å². The maximum Gasteiger partial charge on any atom is 0.341 e. The van der Waals surface area contributed by atoms with Gasteiger partial charge < -0.3 is 10.1 Å². The van der Waals surface area contributed by atoms with Crippen molar-refractivity contribution in [3.05, 3.63) is 46.1 Å². The summed E-state index contributed by atoms with van der Waals surface area (Å²) in [5.74, 6) is -0.0401. The first-order valence-corrected chi connectivity index (χ1v) is 8.36. The Balaban J connectivity index is 1.95. The van der Waals surface area contributed by atoms with Crippen molar-refractivity contribution in [2.45, 2.75) is 26.2 Å². The van der Waals surface area contributed by atoms with Gasteiger partial charge in [0.2, 0.25) is 0 Å². The number of carbonyl (C=O) groups excluding carboxylic acids is 2. The third-order valence-corrected chi connectivity index (χ3v) is 5.24. The van der Waals surface area contributed by atoms with E-state index in [4.69, 9.17) is 4.74 Å². The van der Waals surface area contributed by atoms with Crippen molar-refractivity contribution in [3.63, 3.8) is 0 Å². The molecule has 0 saturated carbocycles. The number of nitrogens with one attached hydrogen (secondary N) is 1. The zero-order chi connectivity index (χ0) is 16.4. The maximum absolute atomic E-state index is 12.4. The SMILES string of the molecule is COC(=O)c1c(NC(=O)c2ccncc2)sc2c1CC[C@H](C)C2. The second-order valence-electron chi connectivity index (χ2n) is 5.74. The molecule has 1 aliphatic carbocycles. The molecule has 0 unspecified atom stereocenters. The van der Waals surface area contributed by atoms with E-state index in [2.05, 4.69) is 17.2 Å². The topological polar surface area (TPSA) is 68.3 Å². The molecule has 5 nitrogen and oxygen atoms in total. The molecule has 0 aromatic carbocycles. The van der Waals surface area contributed by atoms with Crippen LogP contribution in [0.5, 0.6) is 0 Å². The number of anilines is 1. The lowest BCUT2D eigenvalue weighted by Gasteiger charge is -2.18. The van der Waals surface area contributed by atoms with Crippen molar-refractivity contribution >= 4 is 28.2 Å². The molecule has 23 heavy (non-hydrogen) atoms. The second kappa shape index (κ2) is 6.50. The van der Waals surface area contributed by atoms with Gasteiger partial charge in [-0.1, -0.05) is 6.92 Å². The number of fused-ring (bicyclic) bond motifs is 1. The average molecular weight is 330 g/mol. The summed E-state index contributed by atoms with van der Waals surface area (Å²) in [6.45, 7) is 2.20. The molecule has 0 spiro atoms. The van der Waals surface area contributed by atoms with Crippen LogP contribution in [0.4, 0.5) is 5.00 Å². The van der Waals surface area contributed by atoms with Gasteiger partial charge in [-0.3, -0.25) is 9.78 Å². The van der Waals surface area contributed by atoms with Crippen molar-refractivity contribution < 1.29 is 14.3 Å². The Morgan fingerprint density at radius 3 is 2.78 bits per heavy atom. The minimum atomic E-state index is -0.387. The summed E-state index contributed by atoms with van der Waals surface area (Å²) in [4.78, 5) is 29.6. The predicted octanol–water partition coefficient (Wildman–Crippen LogP) is 3.31. The molecule has 2 heterocycles. The van der Waals surface area contributed by atoms with Gasteiger partial charge in [0.1, 0.15) is 5.00 Å². The van der Waals surface area contributed by atoms with Crippen molar-refractivity contribution in [2.75, 3.05) is 12.4 Å². The smallest absolute Gasteiger partial charge is 0.341 e. The summed E-state index contributed by atoms with van der Waals surface area (Å²) < 4.78 is 4.92.